The van der Waals surface area contributed by atoms with Crippen LogP contribution in [0.3, 0.4) is 0 Å². The fourth-order valence-electron chi connectivity index (χ4n) is 2.14. The molecule has 1 aliphatic heterocycles. The van der Waals surface area contributed by atoms with Gasteiger partial charge in [-0.15, -0.1) is 0 Å². The average molecular weight is 293 g/mol. The van der Waals surface area contributed by atoms with Gasteiger partial charge in [0.15, 0.2) is 9.84 Å². The van der Waals surface area contributed by atoms with Gasteiger partial charge < -0.3 is 10.0 Å². The smallest absolute Gasteiger partial charge is 0.307 e. The second-order valence-corrected chi connectivity index (χ2v) is 8.03. The van der Waals surface area contributed by atoms with Crippen molar-refractivity contribution in [1.29, 1.82) is 0 Å². The molecule has 0 spiro atoms. The van der Waals surface area contributed by atoms with Crippen molar-refractivity contribution in [1.82, 2.24) is 4.90 Å². The fourth-order valence-corrected chi connectivity index (χ4v) is 4.96. The first-order chi connectivity index (χ1) is 8.32. The lowest BCUT2D eigenvalue weighted by Crippen LogP contribution is -2.50. The van der Waals surface area contributed by atoms with E-state index < -0.39 is 33.0 Å². The number of aliphatic carboxylic acids is 1. The van der Waals surface area contributed by atoms with Crippen molar-refractivity contribution >= 4 is 33.5 Å². The summed E-state index contributed by atoms with van der Waals surface area (Å²) in [6.45, 7) is 0.379. The first-order valence-corrected chi connectivity index (χ1v) is 8.73. The van der Waals surface area contributed by atoms with Crippen LogP contribution >= 0.6 is 11.8 Å². The van der Waals surface area contributed by atoms with Crippen LogP contribution in [0, 0.1) is 11.8 Å². The summed E-state index contributed by atoms with van der Waals surface area (Å²) >= 11 is 1.50. The molecule has 0 aromatic heterocycles. The SMILES string of the molecule is CS(=O)(=O)C1CSCCN1C(=O)C1CC1C(=O)O. The molecule has 2 aliphatic rings. The zero-order valence-electron chi connectivity index (χ0n) is 9.90. The molecule has 1 saturated heterocycles. The molecule has 18 heavy (non-hydrogen) atoms. The Bertz CT molecular complexity index is 475. The molecule has 3 unspecified atom stereocenters. The zero-order valence-corrected chi connectivity index (χ0v) is 11.5. The van der Waals surface area contributed by atoms with Gasteiger partial charge in [0.1, 0.15) is 5.37 Å². The number of carboxylic acids is 1. The van der Waals surface area contributed by atoms with Gasteiger partial charge in [-0.2, -0.15) is 11.8 Å². The van der Waals surface area contributed by atoms with Crippen LogP contribution in [-0.2, 0) is 19.4 Å². The van der Waals surface area contributed by atoms with E-state index in [9.17, 15) is 18.0 Å². The van der Waals surface area contributed by atoms with E-state index in [4.69, 9.17) is 5.11 Å². The van der Waals surface area contributed by atoms with Gasteiger partial charge >= 0.3 is 5.97 Å². The molecule has 0 aromatic rings. The minimum absolute atomic E-state index is 0.321. The van der Waals surface area contributed by atoms with E-state index in [1.54, 1.807) is 0 Å². The number of sulfone groups is 1. The van der Waals surface area contributed by atoms with Gasteiger partial charge in [0.2, 0.25) is 5.91 Å². The lowest BCUT2D eigenvalue weighted by Gasteiger charge is -2.34. The number of hydrogen-bond donors (Lipinski definition) is 1. The Balaban J connectivity index is 2.11. The van der Waals surface area contributed by atoms with Crippen LogP contribution in [-0.4, -0.2) is 60.0 Å². The first kappa shape index (κ1) is 13.7. The number of thioether (sulfide) groups is 1. The highest BCUT2D eigenvalue weighted by Crippen LogP contribution is 2.41. The van der Waals surface area contributed by atoms with Crippen molar-refractivity contribution in [2.45, 2.75) is 11.8 Å². The van der Waals surface area contributed by atoms with E-state index >= 15 is 0 Å². The van der Waals surface area contributed by atoms with Crippen LogP contribution in [0.4, 0.5) is 0 Å². The van der Waals surface area contributed by atoms with E-state index in [1.165, 1.54) is 16.7 Å². The maximum atomic E-state index is 12.1. The van der Waals surface area contributed by atoms with Crippen molar-refractivity contribution in [3.8, 4) is 0 Å². The van der Waals surface area contributed by atoms with Gasteiger partial charge in [-0.1, -0.05) is 0 Å². The van der Waals surface area contributed by atoms with Gasteiger partial charge in [0.25, 0.3) is 0 Å². The molecule has 2 fully saturated rings. The number of carboxylic acid groups (broad SMARTS) is 1. The molecular formula is C10H15NO5S2. The Kier molecular flexibility index (Phi) is 3.59. The monoisotopic (exact) mass is 293 g/mol. The molecule has 1 N–H and O–H groups in total. The number of carbonyl (C=O) groups is 2. The summed E-state index contributed by atoms with van der Waals surface area (Å²) in [7, 11) is -3.33. The average Bonchev–Trinajstić information content (AvgIpc) is 3.07. The Morgan fingerprint density at radius 3 is 2.50 bits per heavy atom. The van der Waals surface area contributed by atoms with Crippen molar-refractivity contribution in [2.24, 2.45) is 11.8 Å². The maximum absolute atomic E-state index is 12.1. The molecule has 1 heterocycles. The minimum Gasteiger partial charge on any atom is -0.481 e. The van der Waals surface area contributed by atoms with Crippen LogP contribution in [0.1, 0.15) is 6.42 Å². The van der Waals surface area contributed by atoms with Gasteiger partial charge in [-0.25, -0.2) is 8.42 Å². The van der Waals surface area contributed by atoms with Crippen LogP contribution in [0.15, 0.2) is 0 Å². The van der Waals surface area contributed by atoms with Gasteiger partial charge in [0, 0.05) is 24.3 Å². The van der Waals surface area contributed by atoms with Crippen LogP contribution in [0.25, 0.3) is 0 Å². The molecule has 8 heteroatoms. The van der Waals surface area contributed by atoms with Crippen molar-refractivity contribution in [3.63, 3.8) is 0 Å². The Labute approximate surface area is 110 Å². The molecule has 1 aliphatic carbocycles. The summed E-state index contributed by atoms with van der Waals surface area (Å²) in [6, 6.07) is 0. The lowest BCUT2D eigenvalue weighted by atomic mass is 10.2. The standard InChI is InChI=1S/C10H15NO5S2/c1-18(15,16)8-5-17-3-2-11(8)9(12)6-4-7(6)10(13)14/h6-8H,2-5H2,1H3,(H,13,14). The summed E-state index contributed by atoms with van der Waals surface area (Å²) in [6.07, 6.45) is 1.44. The van der Waals surface area contributed by atoms with Gasteiger partial charge in [-0.05, 0) is 6.42 Å². The molecule has 0 bridgehead atoms. The molecule has 2 rings (SSSR count). The summed E-state index contributed by atoms with van der Waals surface area (Å²) < 4.78 is 23.3. The summed E-state index contributed by atoms with van der Waals surface area (Å²) in [4.78, 5) is 24.2. The molecule has 6 nitrogen and oxygen atoms in total. The number of amides is 1. The van der Waals surface area contributed by atoms with E-state index in [-0.39, 0.29) is 5.91 Å². The third-order valence-corrected chi connectivity index (χ3v) is 5.93. The molecule has 1 amide bonds. The Hall–Kier alpha value is -0.760. The Morgan fingerprint density at radius 1 is 1.33 bits per heavy atom. The highest BCUT2D eigenvalue weighted by atomic mass is 32.2. The number of rotatable bonds is 3. The highest BCUT2D eigenvalue weighted by Gasteiger charge is 2.51. The van der Waals surface area contributed by atoms with Crippen LogP contribution in [0.2, 0.25) is 0 Å². The number of hydrogen-bond acceptors (Lipinski definition) is 5. The summed E-state index contributed by atoms with van der Waals surface area (Å²) in [5.41, 5.74) is 0. The summed E-state index contributed by atoms with van der Waals surface area (Å²) in [5, 5.41) is 8.00. The third kappa shape index (κ3) is 2.64. The number of nitrogens with zero attached hydrogens (tertiary/aromatic N) is 1. The van der Waals surface area contributed by atoms with Crippen molar-refractivity contribution < 1.29 is 23.1 Å². The topological polar surface area (TPSA) is 91.8 Å². The fraction of sp³-hybridized carbons (Fsp3) is 0.800. The minimum atomic E-state index is -3.33. The normalized spacial score (nSPS) is 32.1. The first-order valence-electron chi connectivity index (χ1n) is 5.62. The molecule has 3 atom stereocenters. The predicted octanol–water partition coefficient (Wildman–Crippen LogP) is -0.347. The zero-order chi connectivity index (χ0) is 13.5. The van der Waals surface area contributed by atoms with E-state index in [1.807, 2.05) is 0 Å². The predicted molar refractivity (Wildman–Crippen MR) is 66.9 cm³/mol. The lowest BCUT2D eigenvalue weighted by molar-refractivity contribution is -0.142. The highest BCUT2D eigenvalue weighted by molar-refractivity contribution is 8.00. The van der Waals surface area contributed by atoms with Crippen LogP contribution in [0.5, 0.6) is 0 Å². The van der Waals surface area contributed by atoms with Gasteiger partial charge in [0.05, 0.1) is 11.8 Å². The largest absolute Gasteiger partial charge is 0.481 e. The molecule has 102 valence electrons. The molecule has 0 radical (unpaired) electrons. The quantitative estimate of drug-likeness (QED) is 0.765. The van der Waals surface area contributed by atoms with Crippen molar-refractivity contribution in [3.05, 3.63) is 0 Å². The van der Waals surface area contributed by atoms with Crippen molar-refractivity contribution in [2.75, 3.05) is 24.3 Å². The molecular weight excluding hydrogens is 278 g/mol. The van der Waals surface area contributed by atoms with E-state index in [0.29, 0.717) is 24.5 Å². The molecule has 1 saturated carbocycles. The van der Waals surface area contributed by atoms with E-state index in [0.717, 1.165) is 6.26 Å². The third-order valence-electron chi connectivity index (χ3n) is 3.29. The Morgan fingerprint density at radius 2 is 2.00 bits per heavy atom. The molecule has 0 aromatic carbocycles. The maximum Gasteiger partial charge on any atom is 0.307 e. The van der Waals surface area contributed by atoms with Gasteiger partial charge in [-0.3, -0.25) is 9.59 Å². The van der Waals surface area contributed by atoms with E-state index in [2.05, 4.69) is 0 Å². The second-order valence-electron chi connectivity index (χ2n) is 4.68. The van der Waals surface area contributed by atoms with Crippen LogP contribution < -0.4 is 0 Å². The summed E-state index contributed by atoms with van der Waals surface area (Å²) in [5.74, 6) is -1.40. The number of carbonyl (C=O) groups excluding carboxylic acids is 1. The second kappa shape index (κ2) is 4.73.